The number of carbonyl (C=O) groups excluding carboxylic acids is 2. The van der Waals surface area contributed by atoms with E-state index in [1.54, 1.807) is 0 Å². The number of hydrogen-bond donors (Lipinski definition) is 3. The Morgan fingerprint density at radius 1 is 0.652 bits per heavy atom. The molecule has 0 aromatic heterocycles. The Hall–Kier alpha value is -5.49. The van der Waals surface area contributed by atoms with Crippen LogP contribution >= 0.6 is 0 Å². The fraction of sp³-hybridized carbons (Fsp3) is 0.175. The summed E-state index contributed by atoms with van der Waals surface area (Å²) in [6, 6.07) is 42.2. The van der Waals surface area contributed by atoms with Gasteiger partial charge in [-0.25, -0.2) is 4.79 Å². The minimum absolute atomic E-state index is 0.0385. The number of carboxylic acids is 1. The molecule has 6 heteroatoms. The lowest BCUT2D eigenvalue weighted by atomic mass is 9.76. The van der Waals surface area contributed by atoms with Crippen LogP contribution in [0.1, 0.15) is 58.6 Å². The van der Waals surface area contributed by atoms with Crippen molar-refractivity contribution in [2.45, 2.75) is 43.7 Å². The Morgan fingerprint density at radius 3 is 1.65 bits per heavy atom. The highest BCUT2D eigenvalue weighted by molar-refractivity contribution is 5.89. The van der Waals surface area contributed by atoms with E-state index in [9.17, 15) is 19.5 Å². The largest absolute Gasteiger partial charge is 0.480 e. The molecular formula is C40H36N2O4. The summed E-state index contributed by atoms with van der Waals surface area (Å²) < 4.78 is 0. The normalized spacial score (nSPS) is 12.9. The maximum atomic E-state index is 13.9. The van der Waals surface area contributed by atoms with Crippen molar-refractivity contribution in [2.75, 3.05) is 0 Å². The molecule has 3 N–H and O–H groups in total. The van der Waals surface area contributed by atoms with E-state index in [1.165, 1.54) is 11.1 Å². The third kappa shape index (κ3) is 6.07. The Balaban J connectivity index is 1.22. The van der Waals surface area contributed by atoms with E-state index < -0.39 is 35.8 Å². The number of rotatable bonds is 11. The number of aliphatic carboxylic acids is 1. The molecule has 46 heavy (non-hydrogen) atoms. The van der Waals surface area contributed by atoms with Gasteiger partial charge in [0.2, 0.25) is 11.8 Å². The summed E-state index contributed by atoms with van der Waals surface area (Å²) in [6.45, 7) is 2.00. The molecule has 0 saturated carbocycles. The molecule has 0 saturated heterocycles. The van der Waals surface area contributed by atoms with Crippen LogP contribution < -0.4 is 10.6 Å². The monoisotopic (exact) mass is 608 g/mol. The van der Waals surface area contributed by atoms with Crippen molar-refractivity contribution in [3.05, 3.63) is 167 Å². The first kappa shape index (κ1) is 30.5. The number of carbonyl (C=O) groups is 3. The first-order valence-corrected chi connectivity index (χ1v) is 15.6. The van der Waals surface area contributed by atoms with Crippen LogP contribution in [0.2, 0.25) is 0 Å². The number of aryl methyl sites for hydroxylation is 1. The van der Waals surface area contributed by atoms with Gasteiger partial charge in [-0.15, -0.1) is 0 Å². The van der Waals surface area contributed by atoms with Crippen molar-refractivity contribution in [1.29, 1.82) is 0 Å². The lowest BCUT2D eigenvalue weighted by molar-refractivity contribution is -0.143. The topological polar surface area (TPSA) is 95.5 Å². The second-order valence-corrected chi connectivity index (χ2v) is 11.8. The van der Waals surface area contributed by atoms with Gasteiger partial charge in [-0.2, -0.15) is 0 Å². The third-order valence-electron chi connectivity index (χ3n) is 8.87. The SMILES string of the molecule is Cc1ccc(C(NC(=O)C[C@H](NC(=O)CCC2c3ccccc3-c3ccccc32)C(=O)O)(c2ccccc2)c2ccccc2)cc1. The van der Waals surface area contributed by atoms with E-state index in [2.05, 4.69) is 34.9 Å². The predicted molar refractivity (Wildman–Crippen MR) is 179 cm³/mol. The van der Waals surface area contributed by atoms with E-state index in [0.29, 0.717) is 6.42 Å². The average molecular weight is 609 g/mol. The molecule has 1 aliphatic carbocycles. The average Bonchev–Trinajstić information content (AvgIpc) is 3.40. The minimum Gasteiger partial charge on any atom is -0.480 e. The summed E-state index contributed by atoms with van der Waals surface area (Å²) >= 11 is 0. The van der Waals surface area contributed by atoms with Gasteiger partial charge >= 0.3 is 5.97 Å². The molecule has 0 unspecified atom stereocenters. The molecule has 0 bridgehead atoms. The molecule has 1 aliphatic rings. The molecular weight excluding hydrogens is 572 g/mol. The summed E-state index contributed by atoms with van der Waals surface area (Å²) in [4.78, 5) is 39.4. The fourth-order valence-electron chi connectivity index (χ4n) is 6.65. The van der Waals surface area contributed by atoms with E-state index in [-0.39, 0.29) is 12.3 Å². The lowest BCUT2D eigenvalue weighted by Gasteiger charge is -2.37. The zero-order chi connectivity index (χ0) is 32.1. The highest BCUT2D eigenvalue weighted by Crippen LogP contribution is 2.46. The van der Waals surface area contributed by atoms with Crippen LogP contribution in [0.15, 0.2) is 133 Å². The first-order valence-electron chi connectivity index (χ1n) is 15.6. The fourth-order valence-corrected chi connectivity index (χ4v) is 6.65. The van der Waals surface area contributed by atoms with Crippen molar-refractivity contribution in [2.24, 2.45) is 0 Å². The molecule has 5 aromatic carbocycles. The molecule has 230 valence electrons. The number of carboxylic acid groups (broad SMARTS) is 1. The van der Waals surface area contributed by atoms with Gasteiger partial charge in [0, 0.05) is 12.3 Å². The van der Waals surface area contributed by atoms with E-state index in [4.69, 9.17) is 0 Å². The van der Waals surface area contributed by atoms with E-state index in [1.807, 2.05) is 116 Å². The maximum Gasteiger partial charge on any atom is 0.326 e. The Kier molecular flexibility index (Phi) is 8.79. The van der Waals surface area contributed by atoms with Crippen LogP contribution in [0.4, 0.5) is 0 Å². The highest BCUT2D eigenvalue weighted by atomic mass is 16.4. The lowest BCUT2D eigenvalue weighted by Crippen LogP contribution is -2.51. The summed E-state index contributed by atoms with van der Waals surface area (Å²) in [5.41, 5.74) is 7.12. The zero-order valence-electron chi connectivity index (χ0n) is 25.6. The molecule has 5 aromatic rings. The predicted octanol–water partition coefficient (Wildman–Crippen LogP) is 6.96. The molecule has 0 radical (unpaired) electrons. The molecule has 6 nitrogen and oxygen atoms in total. The van der Waals surface area contributed by atoms with E-state index in [0.717, 1.165) is 33.4 Å². The Labute approximate surface area is 269 Å². The van der Waals surface area contributed by atoms with Gasteiger partial charge in [-0.05, 0) is 52.3 Å². The third-order valence-corrected chi connectivity index (χ3v) is 8.87. The standard InChI is InChI=1S/C40H36N2O4/c1-27-20-22-30(23-21-27)40(28-12-4-2-5-13-28,29-14-6-3-7-15-29)42-38(44)26-36(39(45)46)41-37(43)25-24-35-33-18-10-8-16-31(33)32-17-9-11-19-34(32)35/h2-23,35-36H,24-26H2,1H3,(H,41,43)(H,42,44)(H,45,46)/t36-/m0/s1. The molecule has 0 aliphatic heterocycles. The minimum atomic E-state index is -1.39. The summed E-state index contributed by atoms with van der Waals surface area (Å²) in [7, 11) is 0. The van der Waals surface area contributed by atoms with Crippen LogP contribution in [0.5, 0.6) is 0 Å². The van der Waals surface area contributed by atoms with Gasteiger partial charge < -0.3 is 15.7 Å². The molecule has 6 rings (SSSR count). The second kappa shape index (κ2) is 13.2. The van der Waals surface area contributed by atoms with Crippen molar-refractivity contribution >= 4 is 17.8 Å². The molecule has 0 fully saturated rings. The zero-order valence-corrected chi connectivity index (χ0v) is 25.6. The Bertz CT molecular complexity index is 1770. The maximum absolute atomic E-state index is 13.9. The number of fused-ring (bicyclic) bond motifs is 3. The smallest absolute Gasteiger partial charge is 0.326 e. The van der Waals surface area contributed by atoms with Crippen LogP contribution in [-0.4, -0.2) is 28.9 Å². The highest BCUT2D eigenvalue weighted by Gasteiger charge is 2.39. The first-order chi connectivity index (χ1) is 22.4. The van der Waals surface area contributed by atoms with Crippen LogP contribution in [0.3, 0.4) is 0 Å². The van der Waals surface area contributed by atoms with Crippen molar-refractivity contribution in [3.8, 4) is 11.1 Å². The number of amides is 2. The molecule has 0 spiro atoms. The molecule has 2 amide bonds. The van der Waals surface area contributed by atoms with Crippen LogP contribution in [0, 0.1) is 6.92 Å². The summed E-state index contributed by atoms with van der Waals surface area (Å²) in [6.07, 6.45) is 0.223. The van der Waals surface area contributed by atoms with Gasteiger partial charge in [0.15, 0.2) is 0 Å². The summed E-state index contributed by atoms with van der Waals surface area (Å²) in [5, 5.41) is 15.9. The molecule has 0 heterocycles. The van der Waals surface area contributed by atoms with E-state index >= 15 is 0 Å². The van der Waals surface area contributed by atoms with Gasteiger partial charge in [0.05, 0.1) is 6.42 Å². The van der Waals surface area contributed by atoms with Crippen LogP contribution in [-0.2, 0) is 19.9 Å². The van der Waals surface area contributed by atoms with Crippen molar-refractivity contribution < 1.29 is 19.5 Å². The number of benzene rings is 5. The van der Waals surface area contributed by atoms with Crippen LogP contribution in [0.25, 0.3) is 11.1 Å². The number of nitrogens with one attached hydrogen (secondary N) is 2. The van der Waals surface area contributed by atoms with Gasteiger partial charge in [-0.3, -0.25) is 9.59 Å². The van der Waals surface area contributed by atoms with Crippen molar-refractivity contribution in [1.82, 2.24) is 10.6 Å². The van der Waals surface area contributed by atoms with Gasteiger partial charge in [-0.1, -0.05) is 139 Å². The van der Waals surface area contributed by atoms with Gasteiger partial charge in [0.25, 0.3) is 0 Å². The second-order valence-electron chi connectivity index (χ2n) is 11.8. The molecule has 1 atom stereocenters. The van der Waals surface area contributed by atoms with Gasteiger partial charge in [0.1, 0.15) is 11.6 Å². The number of hydrogen-bond acceptors (Lipinski definition) is 3. The Morgan fingerprint density at radius 2 is 1.13 bits per heavy atom. The van der Waals surface area contributed by atoms with Crippen molar-refractivity contribution in [3.63, 3.8) is 0 Å². The summed E-state index contributed by atoms with van der Waals surface area (Å²) in [5.74, 6) is -2.13. The quantitative estimate of drug-likeness (QED) is 0.141.